The second kappa shape index (κ2) is 4.89. The molecule has 0 bridgehead atoms. The molecule has 0 aliphatic heterocycles. The lowest BCUT2D eigenvalue weighted by Gasteiger charge is -2.20. The van der Waals surface area contributed by atoms with Crippen LogP contribution in [0.25, 0.3) is 0 Å². The molecule has 0 radical (unpaired) electrons. The standard InChI is InChI=1S/C11H14FNO2/c1-13(2)10(11(14)15)7-8-5-3-4-6-9(8)12/h3-6,10H,7H2,1-2H3,(H,14,15)/t10-/m1/s1. The monoisotopic (exact) mass is 211 g/mol. The van der Waals surface area contributed by atoms with E-state index in [1.807, 2.05) is 0 Å². The van der Waals surface area contributed by atoms with Crippen LogP contribution in [0.1, 0.15) is 5.56 Å². The van der Waals surface area contributed by atoms with Gasteiger partial charge in [0.2, 0.25) is 0 Å². The zero-order valence-electron chi connectivity index (χ0n) is 8.77. The van der Waals surface area contributed by atoms with Crippen molar-refractivity contribution in [2.45, 2.75) is 12.5 Å². The summed E-state index contributed by atoms with van der Waals surface area (Å²) in [6, 6.07) is 5.54. The van der Waals surface area contributed by atoms with E-state index in [1.165, 1.54) is 6.07 Å². The third-order valence-corrected chi connectivity index (χ3v) is 2.28. The van der Waals surface area contributed by atoms with Gasteiger partial charge in [0.25, 0.3) is 0 Å². The predicted octanol–water partition coefficient (Wildman–Crippen LogP) is 1.38. The van der Waals surface area contributed by atoms with E-state index in [0.29, 0.717) is 5.56 Å². The molecule has 0 aliphatic rings. The number of benzene rings is 1. The fourth-order valence-corrected chi connectivity index (χ4v) is 1.36. The Morgan fingerprint density at radius 2 is 2.07 bits per heavy atom. The topological polar surface area (TPSA) is 40.5 Å². The molecular weight excluding hydrogens is 197 g/mol. The van der Waals surface area contributed by atoms with E-state index in [0.717, 1.165) is 0 Å². The molecule has 0 unspecified atom stereocenters. The van der Waals surface area contributed by atoms with Crippen molar-refractivity contribution >= 4 is 5.97 Å². The van der Waals surface area contributed by atoms with E-state index in [-0.39, 0.29) is 12.2 Å². The van der Waals surface area contributed by atoms with Crippen LogP contribution in [0, 0.1) is 5.82 Å². The van der Waals surface area contributed by atoms with Gasteiger partial charge >= 0.3 is 5.97 Å². The minimum atomic E-state index is -0.941. The summed E-state index contributed by atoms with van der Waals surface area (Å²) in [5.74, 6) is -1.30. The SMILES string of the molecule is CN(C)[C@H](Cc1ccccc1F)C(=O)O. The highest BCUT2D eigenvalue weighted by Crippen LogP contribution is 2.11. The van der Waals surface area contributed by atoms with E-state index >= 15 is 0 Å². The summed E-state index contributed by atoms with van der Waals surface area (Å²) in [7, 11) is 3.33. The highest BCUT2D eigenvalue weighted by molar-refractivity contribution is 5.73. The number of rotatable bonds is 4. The quantitative estimate of drug-likeness (QED) is 0.818. The van der Waals surface area contributed by atoms with Gasteiger partial charge in [0.1, 0.15) is 11.9 Å². The van der Waals surface area contributed by atoms with Crippen LogP contribution < -0.4 is 0 Å². The van der Waals surface area contributed by atoms with E-state index in [2.05, 4.69) is 0 Å². The lowest BCUT2D eigenvalue weighted by atomic mass is 10.0. The maximum absolute atomic E-state index is 13.3. The fourth-order valence-electron chi connectivity index (χ4n) is 1.36. The summed E-state index contributed by atoms with van der Waals surface area (Å²) in [5, 5.41) is 8.93. The molecule has 0 spiro atoms. The second-order valence-corrected chi connectivity index (χ2v) is 3.61. The molecule has 0 saturated carbocycles. The highest BCUT2D eigenvalue weighted by atomic mass is 19.1. The Morgan fingerprint density at radius 1 is 1.47 bits per heavy atom. The van der Waals surface area contributed by atoms with E-state index in [9.17, 15) is 9.18 Å². The van der Waals surface area contributed by atoms with Gasteiger partial charge in [-0.15, -0.1) is 0 Å². The number of carbonyl (C=O) groups is 1. The molecule has 0 heterocycles. The largest absolute Gasteiger partial charge is 0.480 e. The van der Waals surface area contributed by atoms with Crippen molar-refractivity contribution in [3.8, 4) is 0 Å². The van der Waals surface area contributed by atoms with Crippen LogP contribution in [0.3, 0.4) is 0 Å². The maximum Gasteiger partial charge on any atom is 0.321 e. The number of hydrogen-bond acceptors (Lipinski definition) is 2. The van der Waals surface area contributed by atoms with Crippen LogP contribution in [-0.4, -0.2) is 36.1 Å². The molecule has 3 nitrogen and oxygen atoms in total. The van der Waals surface area contributed by atoms with Gasteiger partial charge < -0.3 is 5.11 Å². The van der Waals surface area contributed by atoms with Gasteiger partial charge in [-0.1, -0.05) is 18.2 Å². The van der Waals surface area contributed by atoms with E-state index in [4.69, 9.17) is 5.11 Å². The molecule has 1 aromatic rings. The predicted molar refractivity (Wildman–Crippen MR) is 55.2 cm³/mol. The van der Waals surface area contributed by atoms with Crippen molar-refractivity contribution in [2.24, 2.45) is 0 Å². The smallest absolute Gasteiger partial charge is 0.321 e. The molecule has 0 amide bonds. The first kappa shape index (κ1) is 11.7. The Labute approximate surface area is 88.1 Å². The van der Waals surface area contributed by atoms with Crippen molar-refractivity contribution in [3.63, 3.8) is 0 Å². The van der Waals surface area contributed by atoms with Gasteiger partial charge in [-0.2, -0.15) is 0 Å². The van der Waals surface area contributed by atoms with Crippen molar-refractivity contribution in [1.29, 1.82) is 0 Å². The number of hydrogen-bond donors (Lipinski definition) is 1. The number of carboxylic acid groups (broad SMARTS) is 1. The third-order valence-electron chi connectivity index (χ3n) is 2.28. The molecule has 1 rings (SSSR count). The summed E-state index contributed by atoms with van der Waals surface area (Å²) in [6.07, 6.45) is 0.176. The zero-order chi connectivity index (χ0) is 11.4. The van der Waals surface area contributed by atoms with Gasteiger partial charge in [-0.3, -0.25) is 9.69 Å². The zero-order valence-corrected chi connectivity index (χ0v) is 8.77. The molecule has 15 heavy (non-hydrogen) atoms. The maximum atomic E-state index is 13.3. The first-order valence-electron chi connectivity index (χ1n) is 4.65. The summed E-state index contributed by atoms with van der Waals surface area (Å²) in [6.45, 7) is 0. The molecule has 0 fully saturated rings. The molecule has 1 atom stereocenters. The van der Waals surface area contributed by atoms with Crippen molar-refractivity contribution < 1.29 is 14.3 Å². The van der Waals surface area contributed by atoms with Crippen molar-refractivity contribution in [3.05, 3.63) is 35.6 Å². The van der Waals surface area contributed by atoms with Crippen LogP contribution in [0.15, 0.2) is 24.3 Å². The lowest BCUT2D eigenvalue weighted by Crippen LogP contribution is -2.37. The Balaban J connectivity index is 2.84. The summed E-state index contributed by atoms with van der Waals surface area (Å²) in [4.78, 5) is 12.5. The second-order valence-electron chi connectivity index (χ2n) is 3.61. The molecule has 0 aromatic heterocycles. The van der Waals surface area contributed by atoms with E-state index in [1.54, 1.807) is 37.2 Å². The summed E-state index contributed by atoms with van der Waals surface area (Å²) >= 11 is 0. The number of aliphatic carboxylic acids is 1. The van der Waals surface area contributed by atoms with Gasteiger partial charge in [-0.05, 0) is 25.7 Å². The van der Waals surface area contributed by atoms with Crippen LogP contribution >= 0.6 is 0 Å². The molecule has 82 valence electrons. The minimum Gasteiger partial charge on any atom is -0.480 e. The summed E-state index contributed by atoms with van der Waals surface area (Å²) in [5.41, 5.74) is 0.429. The normalized spacial score (nSPS) is 12.8. The Hall–Kier alpha value is -1.42. The number of nitrogens with zero attached hydrogens (tertiary/aromatic N) is 1. The van der Waals surface area contributed by atoms with Gasteiger partial charge in [0, 0.05) is 6.42 Å². The minimum absolute atomic E-state index is 0.176. The van der Waals surface area contributed by atoms with Crippen molar-refractivity contribution in [1.82, 2.24) is 4.90 Å². The van der Waals surface area contributed by atoms with Gasteiger partial charge in [0.15, 0.2) is 0 Å². The number of halogens is 1. The van der Waals surface area contributed by atoms with Crippen molar-refractivity contribution in [2.75, 3.05) is 14.1 Å². The molecule has 4 heteroatoms. The van der Waals surface area contributed by atoms with Gasteiger partial charge in [-0.25, -0.2) is 4.39 Å². The van der Waals surface area contributed by atoms with Gasteiger partial charge in [0.05, 0.1) is 0 Å². The molecule has 1 N–H and O–H groups in total. The molecule has 1 aromatic carbocycles. The van der Waals surface area contributed by atoms with E-state index < -0.39 is 12.0 Å². The average molecular weight is 211 g/mol. The van der Waals surface area contributed by atoms with Crippen LogP contribution in [-0.2, 0) is 11.2 Å². The molecule has 0 aliphatic carbocycles. The number of carboxylic acids is 1. The third kappa shape index (κ3) is 3.02. The Morgan fingerprint density at radius 3 is 2.53 bits per heavy atom. The number of likely N-dealkylation sites (N-methyl/N-ethyl adjacent to an activating group) is 1. The lowest BCUT2D eigenvalue weighted by molar-refractivity contribution is -0.142. The first-order chi connectivity index (χ1) is 7.02. The van der Waals surface area contributed by atoms with Crippen LogP contribution in [0.2, 0.25) is 0 Å². The highest BCUT2D eigenvalue weighted by Gasteiger charge is 2.21. The Bertz CT molecular complexity index is 352. The molecular formula is C11H14FNO2. The first-order valence-corrected chi connectivity index (χ1v) is 4.65. The Kier molecular flexibility index (Phi) is 3.80. The summed E-state index contributed by atoms with van der Waals surface area (Å²) < 4.78 is 13.3. The van der Waals surface area contributed by atoms with Crippen LogP contribution in [0.4, 0.5) is 4.39 Å². The average Bonchev–Trinajstić information content (AvgIpc) is 2.15. The fraction of sp³-hybridized carbons (Fsp3) is 0.364. The molecule has 0 saturated heterocycles. The van der Waals surface area contributed by atoms with Crippen LogP contribution in [0.5, 0.6) is 0 Å².